The fourth-order valence-corrected chi connectivity index (χ4v) is 5.23. The second kappa shape index (κ2) is 9.59. The predicted octanol–water partition coefficient (Wildman–Crippen LogP) is 5.40. The normalized spacial score (nSPS) is 15.8. The SMILES string of the molecule is O=C(NCc1c(-c2cccs2)n(Cc2ccccc2)c2ccccc12)NC[C@@H]1CCCO1. The standard InChI is InChI=1S/C26H27N3O2S/c30-26(27-16-20-10-6-14-31-20)28-17-22-21-11-4-5-12-23(21)29(18-19-8-2-1-3-9-19)25(22)24-13-7-15-32-24/h1-5,7-9,11-13,15,20H,6,10,14,16-18H2,(H2,27,28,30)/t20-/m0/s1. The largest absolute Gasteiger partial charge is 0.376 e. The van der Waals surface area contributed by atoms with Gasteiger partial charge in [-0.15, -0.1) is 11.3 Å². The molecule has 2 amide bonds. The van der Waals surface area contributed by atoms with Crippen molar-refractivity contribution in [3.05, 3.63) is 83.2 Å². The Morgan fingerprint density at radius 1 is 1.03 bits per heavy atom. The molecule has 5 nitrogen and oxygen atoms in total. The van der Waals surface area contributed by atoms with Gasteiger partial charge in [-0.3, -0.25) is 0 Å². The monoisotopic (exact) mass is 445 g/mol. The summed E-state index contributed by atoms with van der Waals surface area (Å²) in [6, 6.07) is 23.0. The van der Waals surface area contributed by atoms with E-state index in [1.165, 1.54) is 27.0 Å². The third-order valence-corrected chi connectivity index (χ3v) is 6.83. The Hall–Kier alpha value is -3.09. The molecule has 164 valence electrons. The van der Waals surface area contributed by atoms with Crippen LogP contribution >= 0.6 is 11.3 Å². The first kappa shape index (κ1) is 20.8. The molecular weight excluding hydrogens is 418 g/mol. The van der Waals surface area contributed by atoms with Gasteiger partial charge in [0.1, 0.15) is 0 Å². The number of carbonyl (C=O) groups is 1. The lowest BCUT2D eigenvalue weighted by atomic mass is 10.1. The van der Waals surface area contributed by atoms with Gasteiger partial charge in [-0.25, -0.2) is 4.79 Å². The van der Waals surface area contributed by atoms with Crippen LogP contribution in [0, 0.1) is 0 Å². The van der Waals surface area contributed by atoms with Crippen LogP contribution in [0.1, 0.15) is 24.0 Å². The molecule has 6 heteroatoms. The van der Waals surface area contributed by atoms with E-state index >= 15 is 0 Å². The van der Waals surface area contributed by atoms with Crippen LogP contribution in [-0.2, 0) is 17.8 Å². The number of nitrogens with one attached hydrogen (secondary N) is 2. The van der Waals surface area contributed by atoms with Gasteiger partial charge in [0.05, 0.1) is 16.7 Å². The number of para-hydroxylation sites is 1. The second-order valence-electron chi connectivity index (χ2n) is 8.09. The van der Waals surface area contributed by atoms with Crippen molar-refractivity contribution in [3.8, 4) is 10.6 Å². The van der Waals surface area contributed by atoms with Crippen molar-refractivity contribution in [2.45, 2.75) is 32.0 Å². The second-order valence-corrected chi connectivity index (χ2v) is 9.04. The molecule has 0 spiro atoms. The Morgan fingerprint density at radius 2 is 1.88 bits per heavy atom. The lowest BCUT2D eigenvalue weighted by molar-refractivity contribution is 0.111. The van der Waals surface area contributed by atoms with E-state index in [4.69, 9.17) is 4.74 Å². The quantitative estimate of drug-likeness (QED) is 0.400. The molecule has 0 unspecified atom stereocenters. The Bertz CT molecular complexity index is 1180. The number of amides is 2. The smallest absolute Gasteiger partial charge is 0.315 e. The van der Waals surface area contributed by atoms with Crippen LogP contribution in [0.5, 0.6) is 0 Å². The van der Waals surface area contributed by atoms with Crippen LogP contribution in [0.25, 0.3) is 21.5 Å². The van der Waals surface area contributed by atoms with E-state index in [9.17, 15) is 4.79 Å². The van der Waals surface area contributed by atoms with Gasteiger partial charge in [0.2, 0.25) is 0 Å². The van der Waals surface area contributed by atoms with E-state index in [-0.39, 0.29) is 12.1 Å². The Balaban J connectivity index is 1.46. The highest BCUT2D eigenvalue weighted by Gasteiger charge is 2.20. The number of nitrogens with zero attached hydrogens (tertiary/aromatic N) is 1. The highest BCUT2D eigenvalue weighted by atomic mass is 32.1. The van der Waals surface area contributed by atoms with E-state index < -0.39 is 0 Å². The summed E-state index contributed by atoms with van der Waals surface area (Å²) in [7, 11) is 0. The maximum atomic E-state index is 12.5. The van der Waals surface area contributed by atoms with E-state index in [2.05, 4.69) is 81.2 Å². The van der Waals surface area contributed by atoms with Crippen molar-refractivity contribution in [2.24, 2.45) is 0 Å². The molecule has 2 N–H and O–H groups in total. The summed E-state index contributed by atoms with van der Waals surface area (Å²) in [6.45, 7) is 2.59. The first-order valence-electron chi connectivity index (χ1n) is 11.1. The highest BCUT2D eigenvalue weighted by Crippen LogP contribution is 2.36. The van der Waals surface area contributed by atoms with Crippen molar-refractivity contribution in [1.29, 1.82) is 0 Å². The number of hydrogen-bond acceptors (Lipinski definition) is 3. The minimum absolute atomic E-state index is 0.134. The third kappa shape index (κ3) is 4.42. The molecule has 2 aromatic heterocycles. The van der Waals surface area contributed by atoms with Gasteiger partial charge in [0.25, 0.3) is 0 Å². The predicted molar refractivity (Wildman–Crippen MR) is 130 cm³/mol. The van der Waals surface area contributed by atoms with Gasteiger partial charge < -0.3 is 19.9 Å². The summed E-state index contributed by atoms with van der Waals surface area (Å²) in [4.78, 5) is 13.7. The number of hydrogen-bond donors (Lipinski definition) is 2. The van der Waals surface area contributed by atoms with Crippen molar-refractivity contribution >= 4 is 28.3 Å². The molecular formula is C26H27N3O2S. The summed E-state index contributed by atoms with van der Waals surface area (Å²) in [5.41, 5.74) is 4.74. The molecule has 0 saturated carbocycles. The zero-order valence-corrected chi connectivity index (χ0v) is 18.7. The number of carbonyl (C=O) groups excluding carboxylic acids is 1. The molecule has 32 heavy (non-hydrogen) atoms. The zero-order valence-electron chi connectivity index (χ0n) is 17.9. The van der Waals surface area contributed by atoms with Crippen LogP contribution in [0.2, 0.25) is 0 Å². The minimum Gasteiger partial charge on any atom is -0.376 e. The molecule has 4 aromatic rings. The van der Waals surface area contributed by atoms with Crippen molar-refractivity contribution in [3.63, 3.8) is 0 Å². The Morgan fingerprint density at radius 3 is 2.66 bits per heavy atom. The lowest BCUT2D eigenvalue weighted by Gasteiger charge is -2.13. The lowest BCUT2D eigenvalue weighted by Crippen LogP contribution is -2.39. The van der Waals surface area contributed by atoms with E-state index in [0.717, 1.165) is 31.6 Å². The van der Waals surface area contributed by atoms with Crippen LogP contribution in [0.15, 0.2) is 72.1 Å². The Kier molecular flexibility index (Phi) is 6.23. The number of urea groups is 1. The van der Waals surface area contributed by atoms with Gasteiger partial charge in [0.15, 0.2) is 0 Å². The molecule has 1 fully saturated rings. The summed E-state index contributed by atoms with van der Waals surface area (Å²) >= 11 is 1.73. The van der Waals surface area contributed by atoms with Gasteiger partial charge in [-0.05, 0) is 35.9 Å². The van der Waals surface area contributed by atoms with Gasteiger partial charge in [0, 0.05) is 42.7 Å². The van der Waals surface area contributed by atoms with Crippen molar-refractivity contribution in [1.82, 2.24) is 15.2 Å². The number of ether oxygens (including phenoxy) is 1. The number of aromatic nitrogens is 1. The maximum Gasteiger partial charge on any atom is 0.315 e. The number of thiophene rings is 1. The average molecular weight is 446 g/mol. The van der Waals surface area contributed by atoms with E-state index in [1.54, 1.807) is 11.3 Å². The fraction of sp³-hybridized carbons (Fsp3) is 0.269. The molecule has 1 saturated heterocycles. The topological polar surface area (TPSA) is 55.3 Å². The number of fused-ring (bicyclic) bond motifs is 1. The van der Waals surface area contributed by atoms with E-state index in [0.29, 0.717) is 13.1 Å². The fourth-order valence-electron chi connectivity index (χ4n) is 4.42. The molecule has 3 heterocycles. The van der Waals surface area contributed by atoms with Crippen molar-refractivity contribution in [2.75, 3.05) is 13.2 Å². The van der Waals surface area contributed by atoms with Gasteiger partial charge in [-0.2, -0.15) is 0 Å². The first-order valence-corrected chi connectivity index (χ1v) is 12.0. The summed E-state index contributed by atoms with van der Waals surface area (Å²) in [5.74, 6) is 0. The highest BCUT2D eigenvalue weighted by molar-refractivity contribution is 7.13. The zero-order chi connectivity index (χ0) is 21.8. The molecule has 0 radical (unpaired) electrons. The molecule has 0 aliphatic carbocycles. The van der Waals surface area contributed by atoms with Crippen LogP contribution in [-0.4, -0.2) is 29.9 Å². The first-order chi connectivity index (χ1) is 15.8. The molecule has 1 aliphatic heterocycles. The molecule has 0 bridgehead atoms. The molecule has 1 atom stereocenters. The van der Waals surface area contributed by atoms with Crippen LogP contribution in [0.4, 0.5) is 4.79 Å². The Labute approximate surface area is 192 Å². The summed E-state index contributed by atoms with van der Waals surface area (Å²) in [6.07, 6.45) is 2.21. The summed E-state index contributed by atoms with van der Waals surface area (Å²) in [5, 5.41) is 9.32. The van der Waals surface area contributed by atoms with Crippen molar-refractivity contribution < 1.29 is 9.53 Å². The van der Waals surface area contributed by atoms with Crippen LogP contribution < -0.4 is 10.6 Å². The van der Waals surface area contributed by atoms with E-state index in [1.807, 2.05) is 6.07 Å². The van der Waals surface area contributed by atoms with Gasteiger partial charge >= 0.3 is 6.03 Å². The maximum absolute atomic E-state index is 12.5. The molecule has 2 aromatic carbocycles. The molecule has 5 rings (SSSR count). The molecule has 1 aliphatic rings. The number of benzene rings is 2. The summed E-state index contributed by atoms with van der Waals surface area (Å²) < 4.78 is 7.98. The van der Waals surface area contributed by atoms with Crippen LogP contribution in [0.3, 0.4) is 0 Å². The third-order valence-electron chi connectivity index (χ3n) is 5.95. The van der Waals surface area contributed by atoms with Gasteiger partial charge in [-0.1, -0.05) is 54.6 Å². The minimum atomic E-state index is -0.155. The average Bonchev–Trinajstić information content (AvgIpc) is 3.58. The number of rotatable bonds is 7.